The van der Waals surface area contributed by atoms with E-state index in [1.165, 1.54) is 283 Å². The summed E-state index contributed by atoms with van der Waals surface area (Å²) in [6, 6.07) is 0. The van der Waals surface area contributed by atoms with Gasteiger partial charge >= 0.3 is 5.97 Å². The van der Waals surface area contributed by atoms with Gasteiger partial charge in [-0.2, -0.15) is 0 Å². The zero-order valence-corrected chi connectivity index (χ0v) is 41.0. The molecule has 0 atom stereocenters. The number of ketones is 1. The van der Waals surface area contributed by atoms with Gasteiger partial charge < -0.3 is 4.74 Å². The molecule has 0 N–H and O–H groups in total. The summed E-state index contributed by atoms with van der Waals surface area (Å²) in [5.74, 6) is 0.0441. The fourth-order valence-electron chi connectivity index (χ4n) is 8.97. The van der Waals surface area contributed by atoms with Crippen LogP contribution in [0.15, 0.2) is 0 Å². The molecule has 0 aliphatic rings. The van der Waals surface area contributed by atoms with Gasteiger partial charge in [0.2, 0.25) is 0 Å². The fraction of sp³-hybridized carbons (Fsp3) is 0.964. The topological polar surface area (TPSA) is 43.4 Å². The van der Waals surface area contributed by atoms with Crippen LogP contribution in [0.3, 0.4) is 0 Å². The van der Waals surface area contributed by atoms with Crippen LogP contribution in [0.25, 0.3) is 0 Å². The van der Waals surface area contributed by atoms with Crippen molar-refractivity contribution in [3.63, 3.8) is 0 Å². The molecule has 0 saturated carbocycles. The van der Waals surface area contributed by atoms with Crippen molar-refractivity contribution < 1.29 is 14.3 Å². The summed E-state index contributed by atoms with van der Waals surface area (Å²) in [6.07, 6.45) is 67.9. The Bertz CT molecular complexity index is 792. The van der Waals surface area contributed by atoms with Gasteiger partial charge in [-0.25, -0.2) is 0 Å². The van der Waals surface area contributed by atoms with Crippen molar-refractivity contribution in [3.05, 3.63) is 0 Å². The van der Waals surface area contributed by atoms with Crippen LogP contribution in [-0.4, -0.2) is 18.4 Å². The van der Waals surface area contributed by atoms with Crippen molar-refractivity contribution in [1.82, 2.24) is 0 Å². The van der Waals surface area contributed by atoms with Crippen molar-refractivity contribution >= 4 is 11.8 Å². The summed E-state index contributed by atoms with van der Waals surface area (Å²) in [5.41, 5.74) is 0. The van der Waals surface area contributed by atoms with Gasteiger partial charge in [0.25, 0.3) is 0 Å². The van der Waals surface area contributed by atoms with E-state index in [2.05, 4.69) is 13.8 Å². The molecule has 59 heavy (non-hydrogen) atoms. The highest BCUT2D eigenvalue weighted by molar-refractivity contribution is 5.82. The van der Waals surface area contributed by atoms with E-state index in [1.807, 2.05) is 0 Å². The smallest absolute Gasteiger partial charge is 0.306 e. The molecule has 0 fully saturated rings. The molecule has 0 aliphatic heterocycles. The van der Waals surface area contributed by atoms with Crippen LogP contribution in [0.1, 0.15) is 341 Å². The van der Waals surface area contributed by atoms with Crippen molar-refractivity contribution in [2.75, 3.05) is 6.61 Å². The Labute approximate surface area is 372 Å². The maximum Gasteiger partial charge on any atom is 0.306 e. The van der Waals surface area contributed by atoms with Crippen LogP contribution in [0.2, 0.25) is 0 Å². The number of rotatable bonds is 53. The van der Waals surface area contributed by atoms with Gasteiger partial charge in [-0.15, -0.1) is 0 Å². The first kappa shape index (κ1) is 58.1. The summed E-state index contributed by atoms with van der Waals surface area (Å²) in [4.78, 5) is 24.3. The second-order valence-corrected chi connectivity index (χ2v) is 19.3. The first-order chi connectivity index (χ1) is 29.2. The highest BCUT2D eigenvalue weighted by Crippen LogP contribution is 2.18. The predicted molar refractivity (Wildman–Crippen MR) is 263 cm³/mol. The van der Waals surface area contributed by atoms with Crippen LogP contribution in [0, 0.1) is 0 Å². The Kier molecular flexibility index (Phi) is 52.5. The normalized spacial score (nSPS) is 11.5. The molecule has 0 amide bonds. The third kappa shape index (κ3) is 53.2. The molecule has 3 heteroatoms. The Morgan fingerprint density at radius 1 is 0.237 bits per heavy atom. The average Bonchev–Trinajstić information content (AvgIpc) is 3.24. The largest absolute Gasteiger partial charge is 0.466 e. The molecule has 0 aliphatic carbocycles. The SMILES string of the molecule is CCCCCCCCCCCCCCCCCCCCCCCCCCOC(=O)CCC(=O)CCCCCCCCCCCCCCCCCCCCCCCCCC. The van der Waals surface area contributed by atoms with Gasteiger partial charge in [-0.1, -0.05) is 309 Å². The van der Waals surface area contributed by atoms with E-state index in [0.29, 0.717) is 19.4 Å². The predicted octanol–water partition coefficient (Wildman–Crippen LogP) is 20.0. The van der Waals surface area contributed by atoms with E-state index in [9.17, 15) is 9.59 Å². The number of esters is 1. The molecule has 3 nitrogen and oxygen atoms in total. The quantitative estimate of drug-likeness (QED) is 0.0453. The fourth-order valence-corrected chi connectivity index (χ4v) is 8.97. The highest BCUT2D eigenvalue weighted by atomic mass is 16.5. The van der Waals surface area contributed by atoms with E-state index in [4.69, 9.17) is 4.74 Å². The maximum atomic E-state index is 12.3. The average molecular weight is 831 g/mol. The van der Waals surface area contributed by atoms with Crippen molar-refractivity contribution in [2.45, 2.75) is 341 Å². The van der Waals surface area contributed by atoms with E-state index < -0.39 is 0 Å². The number of ether oxygens (including phenoxy) is 1. The summed E-state index contributed by atoms with van der Waals surface area (Å²) >= 11 is 0. The summed E-state index contributed by atoms with van der Waals surface area (Å²) < 4.78 is 5.41. The highest BCUT2D eigenvalue weighted by Gasteiger charge is 2.08. The molecular formula is C56H110O3. The zero-order valence-electron chi connectivity index (χ0n) is 41.0. The lowest BCUT2D eigenvalue weighted by Crippen LogP contribution is -2.09. The third-order valence-corrected chi connectivity index (χ3v) is 13.2. The first-order valence-electron chi connectivity index (χ1n) is 27.9. The molecule has 0 unspecified atom stereocenters. The van der Waals surface area contributed by atoms with Crippen LogP contribution >= 0.6 is 0 Å². The molecule has 0 aromatic carbocycles. The minimum absolute atomic E-state index is 0.188. The molecule has 0 saturated heterocycles. The van der Waals surface area contributed by atoms with Crippen LogP contribution in [0.4, 0.5) is 0 Å². The monoisotopic (exact) mass is 831 g/mol. The number of Topliss-reactive ketones (excluding diaryl/α,β-unsaturated/α-hetero) is 1. The first-order valence-corrected chi connectivity index (χ1v) is 27.9. The maximum absolute atomic E-state index is 12.3. The lowest BCUT2D eigenvalue weighted by atomic mass is 10.0. The minimum Gasteiger partial charge on any atom is -0.466 e. The van der Waals surface area contributed by atoms with Crippen molar-refractivity contribution in [3.8, 4) is 0 Å². The molecule has 0 spiro atoms. The zero-order chi connectivity index (χ0) is 42.6. The summed E-state index contributed by atoms with van der Waals surface area (Å²) in [6.45, 7) is 5.12. The Hall–Kier alpha value is -0.860. The molecule has 352 valence electrons. The summed E-state index contributed by atoms with van der Waals surface area (Å²) in [7, 11) is 0. The van der Waals surface area contributed by atoms with Gasteiger partial charge in [-0.05, 0) is 12.8 Å². The van der Waals surface area contributed by atoms with E-state index in [1.54, 1.807) is 0 Å². The Morgan fingerprint density at radius 2 is 0.441 bits per heavy atom. The number of hydrogen-bond donors (Lipinski definition) is 0. The second kappa shape index (κ2) is 53.3. The molecule has 0 bridgehead atoms. The minimum atomic E-state index is -0.188. The number of unbranched alkanes of at least 4 members (excludes halogenated alkanes) is 46. The van der Waals surface area contributed by atoms with E-state index in [-0.39, 0.29) is 18.2 Å². The third-order valence-electron chi connectivity index (χ3n) is 13.2. The van der Waals surface area contributed by atoms with Gasteiger partial charge in [0.05, 0.1) is 13.0 Å². The molecule has 0 radical (unpaired) electrons. The van der Waals surface area contributed by atoms with Crippen LogP contribution < -0.4 is 0 Å². The molecule has 0 rings (SSSR count). The van der Waals surface area contributed by atoms with Crippen molar-refractivity contribution in [1.29, 1.82) is 0 Å². The lowest BCUT2D eigenvalue weighted by molar-refractivity contribution is -0.145. The number of hydrogen-bond acceptors (Lipinski definition) is 3. The van der Waals surface area contributed by atoms with E-state index >= 15 is 0 Å². The molecule has 0 heterocycles. The Balaban J connectivity index is 3.23. The van der Waals surface area contributed by atoms with Gasteiger partial charge in [-0.3, -0.25) is 9.59 Å². The van der Waals surface area contributed by atoms with Gasteiger partial charge in [0.15, 0.2) is 0 Å². The number of carbonyl (C=O) groups is 2. The van der Waals surface area contributed by atoms with E-state index in [0.717, 1.165) is 25.7 Å². The van der Waals surface area contributed by atoms with Crippen molar-refractivity contribution in [2.24, 2.45) is 0 Å². The van der Waals surface area contributed by atoms with Crippen LogP contribution in [0.5, 0.6) is 0 Å². The standard InChI is InChI=1S/C56H110O3/c1-3-5-7-9-11-13-15-17-19-21-23-25-27-29-31-33-35-37-39-41-43-45-47-49-51-55(57)52-53-56(58)59-54-50-48-46-44-42-40-38-36-34-32-30-28-26-24-22-20-18-16-14-12-10-8-6-4-2/h3-54H2,1-2H3. The second-order valence-electron chi connectivity index (χ2n) is 19.3. The Morgan fingerprint density at radius 3 is 0.678 bits per heavy atom. The summed E-state index contributed by atoms with van der Waals surface area (Å²) in [5, 5.41) is 0. The van der Waals surface area contributed by atoms with Gasteiger partial charge in [0.1, 0.15) is 5.78 Å². The molecule has 0 aromatic heterocycles. The lowest BCUT2D eigenvalue weighted by Gasteiger charge is -2.06. The molecular weight excluding hydrogens is 721 g/mol. The molecule has 0 aromatic rings. The van der Waals surface area contributed by atoms with Crippen LogP contribution in [-0.2, 0) is 14.3 Å². The number of carbonyl (C=O) groups excluding carboxylic acids is 2. The van der Waals surface area contributed by atoms with Gasteiger partial charge in [0, 0.05) is 12.8 Å².